The van der Waals surface area contributed by atoms with E-state index in [9.17, 15) is 9.59 Å². The lowest BCUT2D eigenvalue weighted by Gasteiger charge is -2.03. The number of esters is 1. The molecular formula is C16H17N5O3. The van der Waals surface area contributed by atoms with E-state index >= 15 is 0 Å². The van der Waals surface area contributed by atoms with Crippen LogP contribution >= 0.6 is 0 Å². The Labute approximate surface area is 137 Å². The Morgan fingerprint density at radius 3 is 2.92 bits per heavy atom. The number of H-pyrrole nitrogens is 1. The summed E-state index contributed by atoms with van der Waals surface area (Å²) in [5, 5.41) is 5.96. The van der Waals surface area contributed by atoms with Crippen LogP contribution in [0.4, 0.5) is 5.95 Å². The largest absolute Gasteiger partial charge is 0.469 e. The molecule has 0 aliphatic carbocycles. The summed E-state index contributed by atoms with van der Waals surface area (Å²) in [5.41, 5.74) is 2.25. The van der Waals surface area contributed by atoms with E-state index in [1.807, 2.05) is 25.1 Å². The average molecular weight is 327 g/mol. The summed E-state index contributed by atoms with van der Waals surface area (Å²) < 4.78 is 5.80. The Kier molecular flexibility index (Phi) is 4.28. The van der Waals surface area contributed by atoms with Gasteiger partial charge >= 0.3 is 5.97 Å². The van der Waals surface area contributed by atoms with Crippen LogP contribution in [0.25, 0.3) is 5.78 Å². The number of aromatic amines is 1. The minimum Gasteiger partial charge on any atom is -0.469 e. The number of methoxy groups -OCH3 is 1. The molecular weight excluding hydrogens is 310 g/mol. The number of carbonyl (C=O) groups is 1. The molecule has 2 aromatic heterocycles. The lowest BCUT2D eigenvalue weighted by Crippen LogP contribution is -2.17. The number of hydrogen-bond acceptors (Lipinski definition) is 6. The van der Waals surface area contributed by atoms with Crippen molar-refractivity contribution in [3.8, 4) is 0 Å². The van der Waals surface area contributed by atoms with E-state index in [-0.39, 0.29) is 17.8 Å². The number of benzene rings is 1. The first-order valence-electron chi connectivity index (χ1n) is 7.40. The lowest BCUT2D eigenvalue weighted by molar-refractivity contribution is -0.139. The van der Waals surface area contributed by atoms with Crippen LogP contribution in [0.15, 0.2) is 35.1 Å². The zero-order chi connectivity index (χ0) is 17.1. The van der Waals surface area contributed by atoms with Gasteiger partial charge in [-0.2, -0.15) is 9.50 Å². The summed E-state index contributed by atoms with van der Waals surface area (Å²) in [5.74, 6) is 0.170. The third kappa shape index (κ3) is 3.43. The molecule has 0 amide bonds. The van der Waals surface area contributed by atoms with E-state index < -0.39 is 5.97 Å². The molecule has 2 heterocycles. The fraction of sp³-hybridized carbons (Fsp3) is 0.250. The van der Waals surface area contributed by atoms with Crippen molar-refractivity contribution in [3.05, 3.63) is 57.5 Å². The number of anilines is 1. The molecule has 2 N–H and O–H groups in total. The van der Waals surface area contributed by atoms with Crippen molar-refractivity contribution >= 4 is 17.7 Å². The van der Waals surface area contributed by atoms with Crippen LogP contribution in [0.2, 0.25) is 0 Å². The predicted molar refractivity (Wildman–Crippen MR) is 87.8 cm³/mol. The summed E-state index contributed by atoms with van der Waals surface area (Å²) in [4.78, 5) is 31.8. The third-order valence-electron chi connectivity index (χ3n) is 3.48. The van der Waals surface area contributed by atoms with Crippen molar-refractivity contribution in [2.75, 3.05) is 12.4 Å². The molecule has 0 saturated carbocycles. The van der Waals surface area contributed by atoms with Crippen molar-refractivity contribution in [1.29, 1.82) is 0 Å². The fourth-order valence-electron chi connectivity index (χ4n) is 2.32. The quantitative estimate of drug-likeness (QED) is 0.679. The monoisotopic (exact) mass is 327 g/mol. The maximum absolute atomic E-state index is 12.1. The highest BCUT2D eigenvalue weighted by molar-refractivity contribution is 5.71. The van der Waals surface area contributed by atoms with E-state index in [0.29, 0.717) is 18.2 Å². The molecule has 8 heteroatoms. The molecule has 0 radical (unpaired) electrons. The maximum Gasteiger partial charge on any atom is 0.311 e. The molecule has 0 bridgehead atoms. The number of carbonyl (C=O) groups excluding carboxylic acids is 1. The lowest BCUT2D eigenvalue weighted by atomic mass is 10.1. The van der Waals surface area contributed by atoms with Gasteiger partial charge < -0.3 is 10.1 Å². The smallest absolute Gasteiger partial charge is 0.311 e. The van der Waals surface area contributed by atoms with Gasteiger partial charge in [-0.05, 0) is 12.5 Å². The molecule has 0 fully saturated rings. The standard InChI is InChI=1S/C16H17N5O3/c1-10-4-3-5-11(6-10)9-17-15-19-16-18-12(8-14(23)24-2)7-13(22)21(16)20-15/h3-7H,8-9H2,1-2H3,(H2,17,18,19,20). The van der Waals surface area contributed by atoms with Crippen LogP contribution in [-0.2, 0) is 22.5 Å². The van der Waals surface area contributed by atoms with Crippen LogP contribution in [0, 0.1) is 6.92 Å². The van der Waals surface area contributed by atoms with Crippen molar-refractivity contribution in [1.82, 2.24) is 19.6 Å². The summed E-state index contributed by atoms with van der Waals surface area (Å²) >= 11 is 0. The number of fused-ring (bicyclic) bond motifs is 1. The van der Waals surface area contributed by atoms with E-state index in [4.69, 9.17) is 0 Å². The second kappa shape index (κ2) is 6.53. The molecule has 1 aromatic carbocycles. The molecule has 0 saturated heterocycles. The van der Waals surface area contributed by atoms with Crippen molar-refractivity contribution < 1.29 is 9.53 Å². The molecule has 24 heavy (non-hydrogen) atoms. The summed E-state index contributed by atoms with van der Waals surface area (Å²) in [6.07, 6.45) is -0.0683. The Balaban J connectivity index is 1.81. The van der Waals surface area contributed by atoms with Gasteiger partial charge in [0.2, 0.25) is 5.95 Å². The Morgan fingerprint density at radius 1 is 1.33 bits per heavy atom. The number of hydrogen-bond donors (Lipinski definition) is 2. The third-order valence-corrected chi connectivity index (χ3v) is 3.48. The highest BCUT2D eigenvalue weighted by Gasteiger charge is 2.11. The first-order chi connectivity index (χ1) is 11.5. The molecule has 3 aromatic rings. The summed E-state index contributed by atoms with van der Waals surface area (Å²) in [6, 6.07) is 9.36. The van der Waals surface area contributed by atoms with Gasteiger partial charge in [-0.1, -0.05) is 29.8 Å². The van der Waals surface area contributed by atoms with Crippen molar-refractivity contribution in [2.24, 2.45) is 0 Å². The van der Waals surface area contributed by atoms with Crippen molar-refractivity contribution in [3.63, 3.8) is 0 Å². The van der Waals surface area contributed by atoms with Gasteiger partial charge in [0.05, 0.1) is 19.2 Å². The fourth-order valence-corrected chi connectivity index (χ4v) is 2.32. The Bertz CT molecular complexity index is 944. The Morgan fingerprint density at radius 2 is 2.17 bits per heavy atom. The number of rotatable bonds is 5. The van der Waals surface area contributed by atoms with Crippen molar-refractivity contribution in [2.45, 2.75) is 19.9 Å². The van der Waals surface area contributed by atoms with Gasteiger partial charge in [0.15, 0.2) is 0 Å². The van der Waals surface area contributed by atoms with E-state index in [1.54, 1.807) is 0 Å². The number of aromatic nitrogens is 4. The normalized spacial score (nSPS) is 10.8. The van der Waals surface area contributed by atoms with E-state index in [2.05, 4.69) is 31.2 Å². The van der Waals surface area contributed by atoms with Crippen LogP contribution in [0.5, 0.6) is 0 Å². The molecule has 0 aliphatic rings. The van der Waals surface area contributed by atoms with E-state index in [1.165, 1.54) is 23.3 Å². The van der Waals surface area contributed by atoms with Gasteiger partial charge in [0.1, 0.15) is 0 Å². The Hall–Kier alpha value is -3.16. The molecule has 0 aliphatic heterocycles. The number of nitrogens with zero attached hydrogens (tertiary/aromatic N) is 3. The first kappa shape index (κ1) is 15.7. The first-order valence-corrected chi connectivity index (χ1v) is 7.40. The van der Waals surface area contributed by atoms with Crippen LogP contribution in [-0.4, -0.2) is 32.7 Å². The predicted octanol–water partition coefficient (Wildman–Crippen LogP) is 1.05. The van der Waals surface area contributed by atoms with Gasteiger partial charge in [0, 0.05) is 12.6 Å². The molecule has 3 rings (SSSR count). The highest BCUT2D eigenvalue weighted by atomic mass is 16.5. The molecule has 0 atom stereocenters. The van der Waals surface area contributed by atoms with Gasteiger partial charge in [-0.15, -0.1) is 0 Å². The van der Waals surface area contributed by atoms with Gasteiger partial charge in [-0.3, -0.25) is 14.7 Å². The zero-order valence-electron chi connectivity index (χ0n) is 13.4. The zero-order valence-corrected chi connectivity index (χ0v) is 13.4. The minimum absolute atomic E-state index is 0.0683. The summed E-state index contributed by atoms with van der Waals surface area (Å²) in [7, 11) is 1.29. The van der Waals surface area contributed by atoms with Crippen LogP contribution < -0.4 is 10.9 Å². The topological polar surface area (TPSA) is 101 Å². The van der Waals surface area contributed by atoms with E-state index in [0.717, 1.165) is 5.56 Å². The molecule has 0 unspecified atom stereocenters. The minimum atomic E-state index is -0.459. The number of ether oxygens (including phenoxy) is 1. The maximum atomic E-state index is 12.1. The second-order valence-corrected chi connectivity index (χ2v) is 5.39. The molecule has 8 nitrogen and oxygen atoms in total. The SMILES string of the molecule is COC(=O)Cc1cc(=O)n2[nH]c(NCc3cccc(C)c3)nc2n1. The number of aryl methyl sites for hydroxylation is 1. The van der Waals surface area contributed by atoms with Gasteiger partial charge in [0.25, 0.3) is 11.3 Å². The molecule has 124 valence electrons. The van der Waals surface area contributed by atoms with Gasteiger partial charge in [-0.25, -0.2) is 4.98 Å². The second-order valence-electron chi connectivity index (χ2n) is 5.39. The average Bonchev–Trinajstić information content (AvgIpc) is 2.96. The highest BCUT2D eigenvalue weighted by Crippen LogP contribution is 2.08. The van der Waals surface area contributed by atoms with Crippen LogP contribution in [0.1, 0.15) is 16.8 Å². The summed E-state index contributed by atoms with van der Waals surface area (Å²) in [6.45, 7) is 2.59. The number of nitrogens with one attached hydrogen (secondary N) is 2. The van der Waals surface area contributed by atoms with Crippen LogP contribution in [0.3, 0.4) is 0 Å². The molecule has 0 spiro atoms.